The molecule has 0 radical (unpaired) electrons. The summed E-state index contributed by atoms with van der Waals surface area (Å²) < 4.78 is 1.33. The number of carbonyl (C=O) groups excluding carboxylic acids is 1. The lowest BCUT2D eigenvalue weighted by Gasteiger charge is -2.16. The average Bonchev–Trinajstić information content (AvgIpc) is 3.41. The first-order valence-electron chi connectivity index (χ1n) is 9.83. The molecule has 0 aromatic carbocycles. The minimum absolute atomic E-state index is 0.0244. The largest absolute Gasteiger partial charge is 0.368 e. The Morgan fingerprint density at radius 2 is 1.93 bits per heavy atom. The van der Waals surface area contributed by atoms with Crippen LogP contribution in [0, 0.1) is 0 Å². The first-order chi connectivity index (χ1) is 13.7. The summed E-state index contributed by atoms with van der Waals surface area (Å²) in [6.07, 6.45) is 7.60. The zero-order chi connectivity index (χ0) is 19.3. The highest BCUT2D eigenvalue weighted by molar-refractivity contribution is 5.75. The molecule has 2 aromatic heterocycles. The van der Waals surface area contributed by atoms with Crippen LogP contribution in [0.1, 0.15) is 37.3 Å². The van der Waals surface area contributed by atoms with Gasteiger partial charge in [0.2, 0.25) is 5.91 Å². The summed E-state index contributed by atoms with van der Waals surface area (Å²) in [5, 5.41) is 6.00. The van der Waals surface area contributed by atoms with Gasteiger partial charge in [0.1, 0.15) is 24.5 Å². The van der Waals surface area contributed by atoms with Crippen LogP contribution in [0.4, 0.5) is 11.6 Å². The topological polar surface area (TPSA) is 105 Å². The Hall–Kier alpha value is -2.97. The minimum atomic E-state index is -0.217. The van der Waals surface area contributed by atoms with E-state index in [4.69, 9.17) is 0 Å². The number of hydrogen-bond acceptors (Lipinski definition) is 7. The highest BCUT2D eigenvalue weighted by Crippen LogP contribution is 2.38. The zero-order valence-corrected chi connectivity index (χ0v) is 15.8. The molecule has 1 aliphatic heterocycles. The Balaban J connectivity index is 1.21. The van der Waals surface area contributed by atoms with Crippen LogP contribution >= 0.6 is 0 Å². The Morgan fingerprint density at radius 3 is 2.68 bits per heavy atom. The van der Waals surface area contributed by atoms with E-state index in [9.17, 15) is 9.59 Å². The molecule has 2 fully saturated rings. The first-order valence-corrected chi connectivity index (χ1v) is 9.83. The lowest BCUT2D eigenvalue weighted by molar-refractivity contribution is -0.121. The molecule has 9 heteroatoms. The lowest BCUT2D eigenvalue weighted by Crippen LogP contribution is -2.35. The molecule has 2 N–H and O–H groups in total. The molecule has 1 aliphatic carbocycles. The van der Waals surface area contributed by atoms with Crippen molar-refractivity contribution in [1.82, 2.24) is 24.8 Å². The second kappa shape index (κ2) is 8.37. The summed E-state index contributed by atoms with van der Waals surface area (Å²) in [5.41, 5.74) is 0.657. The Kier molecular flexibility index (Phi) is 5.50. The average molecular weight is 383 g/mol. The molecule has 28 heavy (non-hydrogen) atoms. The van der Waals surface area contributed by atoms with Crippen molar-refractivity contribution in [3.05, 3.63) is 40.8 Å². The summed E-state index contributed by atoms with van der Waals surface area (Å²) in [6, 6.07) is 3.47. The van der Waals surface area contributed by atoms with E-state index in [2.05, 4.69) is 30.5 Å². The second-order valence-corrected chi connectivity index (χ2v) is 7.29. The van der Waals surface area contributed by atoms with Crippen molar-refractivity contribution < 1.29 is 4.79 Å². The van der Waals surface area contributed by atoms with Crippen molar-refractivity contribution in [3.8, 4) is 0 Å². The van der Waals surface area contributed by atoms with E-state index >= 15 is 0 Å². The molecule has 1 amide bonds. The van der Waals surface area contributed by atoms with E-state index in [1.807, 2.05) is 6.07 Å². The highest BCUT2D eigenvalue weighted by Gasteiger charge is 2.25. The number of nitrogens with one attached hydrogen (secondary N) is 2. The van der Waals surface area contributed by atoms with Crippen molar-refractivity contribution in [2.24, 2.45) is 0 Å². The molecular weight excluding hydrogens is 358 g/mol. The van der Waals surface area contributed by atoms with Crippen LogP contribution in [0.15, 0.2) is 29.6 Å². The minimum Gasteiger partial charge on any atom is -0.368 e. The molecular formula is C19H25N7O2. The normalized spacial score (nSPS) is 16.2. The van der Waals surface area contributed by atoms with Crippen molar-refractivity contribution in [2.75, 3.05) is 36.4 Å². The van der Waals surface area contributed by atoms with Gasteiger partial charge in [-0.05, 0) is 25.7 Å². The third-order valence-corrected chi connectivity index (χ3v) is 5.05. The summed E-state index contributed by atoms with van der Waals surface area (Å²) in [5.74, 6) is 1.88. The lowest BCUT2D eigenvalue weighted by atomic mass is 10.3. The molecule has 1 saturated carbocycles. The van der Waals surface area contributed by atoms with Gasteiger partial charge < -0.3 is 15.5 Å². The van der Waals surface area contributed by atoms with Gasteiger partial charge in [-0.15, -0.1) is 0 Å². The van der Waals surface area contributed by atoms with Gasteiger partial charge in [0.05, 0.1) is 12.0 Å². The third-order valence-electron chi connectivity index (χ3n) is 5.05. The maximum Gasteiger partial charge on any atom is 0.254 e. The molecule has 4 rings (SSSR count). The van der Waals surface area contributed by atoms with Crippen LogP contribution < -0.4 is 21.1 Å². The van der Waals surface area contributed by atoms with Gasteiger partial charge in [-0.3, -0.25) is 14.2 Å². The smallest absolute Gasteiger partial charge is 0.254 e. The number of carbonyl (C=O) groups is 1. The molecule has 1 saturated heterocycles. The zero-order valence-electron chi connectivity index (χ0n) is 15.8. The van der Waals surface area contributed by atoms with Crippen LogP contribution in [0.3, 0.4) is 0 Å². The fraction of sp³-hybridized carbons (Fsp3) is 0.526. The van der Waals surface area contributed by atoms with Gasteiger partial charge in [-0.1, -0.05) is 0 Å². The Bertz CT molecular complexity index is 888. The number of rotatable bonds is 8. The fourth-order valence-corrected chi connectivity index (χ4v) is 3.33. The van der Waals surface area contributed by atoms with Gasteiger partial charge >= 0.3 is 0 Å². The van der Waals surface area contributed by atoms with Crippen LogP contribution in [0.5, 0.6) is 0 Å². The van der Waals surface area contributed by atoms with Crippen molar-refractivity contribution in [2.45, 2.75) is 38.1 Å². The summed E-state index contributed by atoms with van der Waals surface area (Å²) in [4.78, 5) is 39.2. The van der Waals surface area contributed by atoms with Gasteiger partial charge in [-0.25, -0.2) is 15.0 Å². The van der Waals surface area contributed by atoms with Crippen LogP contribution in [-0.2, 0) is 11.3 Å². The Labute approximate surface area is 163 Å². The number of aromatic nitrogens is 4. The standard InChI is InChI=1S/C19H25N7O2/c27-18(11-26-13-24-15(9-19(26)28)14-3-4-14)21-6-5-20-16-10-17(23-12-22-16)25-7-1-2-8-25/h9-10,12-14H,1-8,11H2,(H,21,27)(H,20,22,23). The summed E-state index contributed by atoms with van der Waals surface area (Å²) in [7, 11) is 0. The van der Waals surface area contributed by atoms with Gasteiger partial charge in [0, 0.05) is 44.2 Å². The number of nitrogens with zero attached hydrogens (tertiary/aromatic N) is 5. The molecule has 0 atom stereocenters. The fourth-order valence-electron chi connectivity index (χ4n) is 3.33. The predicted octanol–water partition coefficient (Wildman–Crippen LogP) is 0.739. The number of amides is 1. The second-order valence-electron chi connectivity index (χ2n) is 7.29. The third kappa shape index (κ3) is 4.65. The summed E-state index contributed by atoms with van der Waals surface area (Å²) in [6.45, 7) is 3.01. The molecule has 2 aromatic rings. The van der Waals surface area contributed by atoms with Crippen molar-refractivity contribution in [3.63, 3.8) is 0 Å². The molecule has 0 spiro atoms. The van der Waals surface area contributed by atoms with E-state index < -0.39 is 0 Å². The Morgan fingerprint density at radius 1 is 1.11 bits per heavy atom. The maximum absolute atomic E-state index is 12.1. The van der Waals surface area contributed by atoms with E-state index in [0.29, 0.717) is 19.0 Å². The van der Waals surface area contributed by atoms with Gasteiger partial charge in [0.25, 0.3) is 5.56 Å². The van der Waals surface area contributed by atoms with E-state index in [-0.39, 0.29) is 18.0 Å². The molecule has 0 unspecified atom stereocenters. The van der Waals surface area contributed by atoms with Crippen LogP contribution in [0.2, 0.25) is 0 Å². The quantitative estimate of drug-likeness (QED) is 0.648. The van der Waals surface area contributed by atoms with Gasteiger partial charge in [-0.2, -0.15) is 0 Å². The summed E-state index contributed by atoms with van der Waals surface area (Å²) >= 11 is 0. The molecule has 0 bridgehead atoms. The molecule has 148 valence electrons. The van der Waals surface area contributed by atoms with Crippen molar-refractivity contribution >= 4 is 17.5 Å². The maximum atomic E-state index is 12.1. The highest BCUT2D eigenvalue weighted by atomic mass is 16.2. The van der Waals surface area contributed by atoms with Crippen LogP contribution in [-0.4, -0.2) is 51.6 Å². The first kappa shape index (κ1) is 18.4. The molecule has 2 aliphatic rings. The van der Waals surface area contributed by atoms with Crippen molar-refractivity contribution in [1.29, 1.82) is 0 Å². The number of anilines is 2. The predicted molar refractivity (Wildman–Crippen MR) is 105 cm³/mol. The van der Waals surface area contributed by atoms with E-state index in [0.717, 1.165) is 43.3 Å². The monoisotopic (exact) mass is 383 g/mol. The van der Waals surface area contributed by atoms with E-state index in [1.54, 1.807) is 12.4 Å². The SMILES string of the molecule is O=C(Cn1cnc(C2CC2)cc1=O)NCCNc1cc(N2CCCC2)ncn1. The molecule has 9 nitrogen and oxygen atoms in total. The van der Waals surface area contributed by atoms with Crippen LogP contribution in [0.25, 0.3) is 0 Å². The molecule has 3 heterocycles. The van der Waals surface area contributed by atoms with E-state index in [1.165, 1.54) is 23.7 Å². The van der Waals surface area contributed by atoms with Gasteiger partial charge in [0.15, 0.2) is 0 Å². The number of hydrogen-bond donors (Lipinski definition) is 2.